The number of hydrogen-bond donors (Lipinski definition) is 2. The van der Waals surface area contributed by atoms with E-state index in [4.69, 9.17) is 12.2 Å². The van der Waals surface area contributed by atoms with E-state index >= 15 is 0 Å². The van der Waals surface area contributed by atoms with Gasteiger partial charge >= 0.3 is 0 Å². The van der Waals surface area contributed by atoms with Crippen LogP contribution in [0.4, 0.5) is 5.69 Å². The van der Waals surface area contributed by atoms with Crippen molar-refractivity contribution in [2.24, 2.45) is 0 Å². The van der Waals surface area contributed by atoms with Crippen LogP contribution in [-0.2, 0) is 4.79 Å². The number of benzene rings is 1. The number of nitrogens with zero attached hydrogens (tertiary/aromatic N) is 1. The van der Waals surface area contributed by atoms with Gasteiger partial charge in [0.15, 0.2) is 5.11 Å². The molecule has 0 fully saturated rings. The highest BCUT2D eigenvalue weighted by Gasteiger charge is 2.22. The quantitative estimate of drug-likeness (QED) is 0.626. The van der Waals surface area contributed by atoms with E-state index in [0.717, 1.165) is 11.3 Å². The lowest BCUT2D eigenvalue weighted by Crippen LogP contribution is -2.49. The number of rotatable bonds is 6. The summed E-state index contributed by atoms with van der Waals surface area (Å²) in [4.78, 5) is 14.2. The molecule has 0 aromatic heterocycles. The van der Waals surface area contributed by atoms with Crippen molar-refractivity contribution < 1.29 is 4.79 Å². The lowest BCUT2D eigenvalue weighted by molar-refractivity contribution is -0.119. The van der Waals surface area contributed by atoms with Gasteiger partial charge in [0.1, 0.15) is 6.04 Å². The Morgan fingerprint density at radius 3 is 2.57 bits per heavy atom. The molecule has 21 heavy (non-hydrogen) atoms. The molecule has 0 aliphatic carbocycles. The van der Waals surface area contributed by atoms with Crippen molar-refractivity contribution in [2.45, 2.75) is 26.8 Å². The minimum absolute atomic E-state index is 0.0801. The van der Waals surface area contributed by atoms with Crippen molar-refractivity contribution >= 4 is 28.9 Å². The molecule has 5 heteroatoms. The second kappa shape index (κ2) is 8.42. The monoisotopic (exact) mass is 305 g/mol. The van der Waals surface area contributed by atoms with Gasteiger partial charge in [-0.1, -0.05) is 23.8 Å². The molecule has 1 atom stereocenters. The molecule has 0 radical (unpaired) electrons. The SMILES string of the molecule is C=CCNC(=S)N(CC)[C@@H](C)C(=O)Nc1ccc(C)cc1. The van der Waals surface area contributed by atoms with Crippen LogP contribution in [0.2, 0.25) is 0 Å². The standard InChI is InChI=1S/C16H23N3OS/c1-5-11-17-16(21)19(6-2)13(4)15(20)18-14-9-7-12(3)8-10-14/h5,7-10,13H,1,6,11H2,2-4H3,(H,17,21)(H,18,20)/t13-/m0/s1. The third-order valence-electron chi connectivity index (χ3n) is 3.17. The number of carbonyl (C=O) groups is 1. The summed E-state index contributed by atoms with van der Waals surface area (Å²) in [5.41, 5.74) is 1.95. The fourth-order valence-electron chi connectivity index (χ4n) is 1.88. The summed E-state index contributed by atoms with van der Waals surface area (Å²) in [7, 11) is 0. The maximum Gasteiger partial charge on any atom is 0.246 e. The summed E-state index contributed by atoms with van der Waals surface area (Å²) < 4.78 is 0. The van der Waals surface area contributed by atoms with Gasteiger partial charge in [-0.05, 0) is 45.1 Å². The fraction of sp³-hybridized carbons (Fsp3) is 0.375. The molecule has 0 aliphatic rings. The molecular formula is C16H23N3OS. The van der Waals surface area contributed by atoms with Crippen molar-refractivity contribution in [2.75, 3.05) is 18.4 Å². The molecular weight excluding hydrogens is 282 g/mol. The molecule has 1 aromatic rings. The van der Waals surface area contributed by atoms with Crippen molar-refractivity contribution in [1.82, 2.24) is 10.2 Å². The van der Waals surface area contributed by atoms with E-state index in [0.29, 0.717) is 18.2 Å². The number of amides is 1. The first-order chi connectivity index (χ1) is 9.99. The lowest BCUT2D eigenvalue weighted by Gasteiger charge is -2.29. The second-order valence-corrected chi connectivity index (χ2v) is 5.18. The Labute approximate surface area is 132 Å². The molecule has 2 N–H and O–H groups in total. The van der Waals surface area contributed by atoms with E-state index in [1.165, 1.54) is 0 Å². The highest BCUT2D eigenvalue weighted by atomic mass is 32.1. The van der Waals surface area contributed by atoms with Crippen LogP contribution in [0, 0.1) is 6.92 Å². The van der Waals surface area contributed by atoms with Crippen molar-refractivity contribution in [3.8, 4) is 0 Å². The normalized spacial score (nSPS) is 11.4. The molecule has 114 valence electrons. The Balaban J connectivity index is 2.68. The minimum Gasteiger partial charge on any atom is -0.359 e. The number of aryl methyl sites for hydroxylation is 1. The second-order valence-electron chi connectivity index (χ2n) is 4.79. The van der Waals surface area contributed by atoms with Crippen LogP contribution in [0.25, 0.3) is 0 Å². The van der Waals surface area contributed by atoms with Gasteiger partial charge in [-0.15, -0.1) is 6.58 Å². The van der Waals surface area contributed by atoms with Crippen molar-refractivity contribution in [3.05, 3.63) is 42.5 Å². The Hall–Kier alpha value is -1.88. The molecule has 0 aliphatic heterocycles. The van der Waals surface area contributed by atoms with Gasteiger partial charge in [-0.3, -0.25) is 4.79 Å². The first kappa shape index (κ1) is 17.2. The Bertz CT molecular complexity index is 499. The summed E-state index contributed by atoms with van der Waals surface area (Å²) in [5, 5.41) is 6.52. The molecule has 1 aromatic carbocycles. The van der Waals surface area contributed by atoms with Gasteiger partial charge in [-0.2, -0.15) is 0 Å². The number of hydrogen-bond acceptors (Lipinski definition) is 2. The average Bonchev–Trinajstić information content (AvgIpc) is 2.48. The maximum atomic E-state index is 12.3. The Morgan fingerprint density at radius 2 is 2.05 bits per heavy atom. The summed E-state index contributed by atoms with van der Waals surface area (Å²) in [6.45, 7) is 10.7. The van der Waals surface area contributed by atoms with E-state index < -0.39 is 0 Å². The summed E-state index contributed by atoms with van der Waals surface area (Å²) in [6, 6.07) is 7.37. The Kier molecular flexibility index (Phi) is 6.88. The van der Waals surface area contributed by atoms with Gasteiger partial charge in [0.2, 0.25) is 5.91 Å². The van der Waals surface area contributed by atoms with Crippen LogP contribution < -0.4 is 10.6 Å². The van der Waals surface area contributed by atoms with E-state index in [-0.39, 0.29) is 11.9 Å². The molecule has 0 saturated carbocycles. The van der Waals surface area contributed by atoms with E-state index in [1.807, 2.05) is 49.9 Å². The third kappa shape index (κ3) is 5.19. The van der Waals surface area contributed by atoms with Crippen LogP contribution >= 0.6 is 12.2 Å². The third-order valence-corrected chi connectivity index (χ3v) is 3.54. The first-order valence-electron chi connectivity index (χ1n) is 7.02. The topological polar surface area (TPSA) is 44.4 Å². The number of carbonyl (C=O) groups excluding carboxylic acids is 1. The van der Waals surface area contributed by atoms with Crippen LogP contribution in [0.3, 0.4) is 0 Å². The molecule has 4 nitrogen and oxygen atoms in total. The molecule has 0 spiro atoms. The zero-order valence-electron chi connectivity index (χ0n) is 12.8. The number of thiocarbonyl (C=S) groups is 1. The molecule has 0 unspecified atom stereocenters. The Morgan fingerprint density at radius 1 is 1.43 bits per heavy atom. The van der Waals surface area contributed by atoms with Gasteiger partial charge < -0.3 is 15.5 Å². The summed E-state index contributed by atoms with van der Waals surface area (Å²) in [5.74, 6) is -0.0801. The number of likely N-dealkylation sites (N-methyl/N-ethyl adjacent to an activating group) is 1. The zero-order chi connectivity index (χ0) is 15.8. The van der Waals surface area contributed by atoms with Crippen molar-refractivity contribution in [1.29, 1.82) is 0 Å². The summed E-state index contributed by atoms with van der Waals surface area (Å²) in [6.07, 6.45) is 1.73. The predicted octanol–water partition coefficient (Wildman–Crippen LogP) is 2.70. The number of anilines is 1. The molecule has 1 rings (SSSR count). The first-order valence-corrected chi connectivity index (χ1v) is 7.43. The molecule has 0 heterocycles. The van der Waals surface area contributed by atoms with Crippen LogP contribution in [0.5, 0.6) is 0 Å². The highest BCUT2D eigenvalue weighted by molar-refractivity contribution is 7.80. The lowest BCUT2D eigenvalue weighted by atomic mass is 10.2. The van der Waals surface area contributed by atoms with E-state index in [1.54, 1.807) is 6.08 Å². The van der Waals surface area contributed by atoms with Crippen LogP contribution in [-0.4, -0.2) is 35.1 Å². The average molecular weight is 305 g/mol. The van der Waals surface area contributed by atoms with E-state index in [9.17, 15) is 4.79 Å². The molecule has 1 amide bonds. The van der Waals surface area contributed by atoms with Gasteiger partial charge in [0, 0.05) is 18.8 Å². The minimum atomic E-state index is -0.346. The van der Waals surface area contributed by atoms with Gasteiger partial charge in [0.25, 0.3) is 0 Å². The van der Waals surface area contributed by atoms with Gasteiger partial charge in [-0.25, -0.2) is 0 Å². The van der Waals surface area contributed by atoms with Crippen LogP contribution in [0.1, 0.15) is 19.4 Å². The van der Waals surface area contributed by atoms with Gasteiger partial charge in [0.05, 0.1) is 0 Å². The molecule has 0 saturated heterocycles. The van der Waals surface area contributed by atoms with Crippen molar-refractivity contribution in [3.63, 3.8) is 0 Å². The highest BCUT2D eigenvalue weighted by Crippen LogP contribution is 2.10. The fourth-order valence-corrected chi connectivity index (χ4v) is 2.25. The smallest absolute Gasteiger partial charge is 0.246 e. The largest absolute Gasteiger partial charge is 0.359 e. The maximum absolute atomic E-state index is 12.3. The molecule has 0 bridgehead atoms. The van der Waals surface area contributed by atoms with Crippen LogP contribution in [0.15, 0.2) is 36.9 Å². The van der Waals surface area contributed by atoms with E-state index in [2.05, 4.69) is 17.2 Å². The predicted molar refractivity (Wildman–Crippen MR) is 92.4 cm³/mol. The number of nitrogens with one attached hydrogen (secondary N) is 2. The zero-order valence-corrected chi connectivity index (χ0v) is 13.7. The summed E-state index contributed by atoms with van der Waals surface area (Å²) >= 11 is 5.30.